The first-order valence-corrected chi connectivity index (χ1v) is 6.33. The Morgan fingerprint density at radius 1 is 1.47 bits per heavy atom. The number of nitrogens with zero attached hydrogens (tertiary/aromatic N) is 2. The third-order valence-corrected chi connectivity index (χ3v) is 3.32. The standard InChI is InChI=1S/C13H19N3O/c1-9(14)6-16(11-3-4-11)13-5-2-10-7-17-8-12(10)15-13/h2,5,9,11H,3-4,6-8,14H2,1H3. The van der Waals surface area contributed by atoms with Crippen molar-refractivity contribution in [3.63, 3.8) is 0 Å². The maximum absolute atomic E-state index is 5.91. The topological polar surface area (TPSA) is 51.4 Å². The number of aromatic nitrogens is 1. The molecular weight excluding hydrogens is 214 g/mol. The second-order valence-electron chi connectivity index (χ2n) is 5.13. The van der Waals surface area contributed by atoms with Crippen LogP contribution in [0.2, 0.25) is 0 Å². The van der Waals surface area contributed by atoms with Crippen molar-refractivity contribution in [3.8, 4) is 0 Å². The van der Waals surface area contributed by atoms with Crippen LogP contribution in [0.3, 0.4) is 0 Å². The van der Waals surface area contributed by atoms with E-state index in [1.807, 2.05) is 6.92 Å². The van der Waals surface area contributed by atoms with E-state index in [0.717, 1.165) is 18.1 Å². The molecule has 1 unspecified atom stereocenters. The first-order valence-electron chi connectivity index (χ1n) is 6.33. The Labute approximate surface area is 102 Å². The Hall–Kier alpha value is -1.13. The lowest BCUT2D eigenvalue weighted by atomic mass is 10.2. The van der Waals surface area contributed by atoms with Gasteiger partial charge >= 0.3 is 0 Å². The number of hydrogen-bond donors (Lipinski definition) is 1. The van der Waals surface area contributed by atoms with E-state index < -0.39 is 0 Å². The third-order valence-electron chi connectivity index (χ3n) is 3.32. The number of fused-ring (bicyclic) bond motifs is 1. The van der Waals surface area contributed by atoms with Crippen LogP contribution in [-0.4, -0.2) is 23.6 Å². The van der Waals surface area contributed by atoms with Crippen molar-refractivity contribution < 1.29 is 4.74 Å². The van der Waals surface area contributed by atoms with Gasteiger partial charge in [-0.15, -0.1) is 0 Å². The number of rotatable bonds is 4. The quantitative estimate of drug-likeness (QED) is 0.854. The van der Waals surface area contributed by atoms with Crippen molar-refractivity contribution in [2.45, 2.75) is 45.1 Å². The van der Waals surface area contributed by atoms with E-state index in [2.05, 4.69) is 17.0 Å². The van der Waals surface area contributed by atoms with Gasteiger partial charge in [-0.05, 0) is 25.8 Å². The lowest BCUT2D eigenvalue weighted by Crippen LogP contribution is -2.37. The predicted molar refractivity (Wildman–Crippen MR) is 66.7 cm³/mol. The predicted octanol–water partition coefficient (Wildman–Crippen LogP) is 1.43. The van der Waals surface area contributed by atoms with Crippen LogP contribution in [0.4, 0.5) is 5.82 Å². The van der Waals surface area contributed by atoms with Gasteiger partial charge in [-0.2, -0.15) is 0 Å². The molecule has 0 radical (unpaired) electrons. The Balaban J connectivity index is 1.85. The summed E-state index contributed by atoms with van der Waals surface area (Å²) < 4.78 is 5.40. The fraction of sp³-hybridized carbons (Fsp3) is 0.615. The number of ether oxygens (including phenoxy) is 1. The average molecular weight is 233 g/mol. The van der Waals surface area contributed by atoms with E-state index in [1.165, 1.54) is 18.4 Å². The van der Waals surface area contributed by atoms with Crippen molar-refractivity contribution in [2.75, 3.05) is 11.4 Å². The molecule has 1 aliphatic carbocycles. The van der Waals surface area contributed by atoms with Gasteiger partial charge in [0.1, 0.15) is 5.82 Å². The van der Waals surface area contributed by atoms with Crippen LogP contribution in [-0.2, 0) is 18.0 Å². The summed E-state index contributed by atoms with van der Waals surface area (Å²) >= 11 is 0. The van der Waals surface area contributed by atoms with Gasteiger partial charge < -0.3 is 15.4 Å². The van der Waals surface area contributed by atoms with E-state index in [4.69, 9.17) is 15.5 Å². The van der Waals surface area contributed by atoms with Gasteiger partial charge in [0.2, 0.25) is 0 Å². The summed E-state index contributed by atoms with van der Waals surface area (Å²) in [5.74, 6) is 1.06. The van der Waals surface area contributed by atoms with Crippen LogP contribution in [0.1, 0.15) is 31.0 Å². The molecule has 4 heteroatoms. The molecule has 17 heavy (non-hydrogen) atoms. The lowest BCUT2D eigenvalue weighted by molar-refractivity contribution is 0.133. The number of pyridine rings is 1. The van der Waals surface area contributed by atoms with Crippen molar-refractivity contribution in [1.29, 1.82) is 0 Å². The highest BCUT2D eigenvalue weighted by molar-refractivity contribution is 5.45. The first-order chi connectivity index (χ1) is 8.24. The zero-order valence-electron chi connectivity index (χ0n) is 10.2. The fourth-order valence-corrected chi connectivity index (χ4v) is 2.32. The van der Waals surface area contributed by atoms with Crippen LogP contribution < -0.4 is 10.6 Å². The smallest absolute Gasteiger partial charge is 0.129 e. The molecule has 2 heterocycles. The summed E-state index contributed by atoms with van der Waals surface area (Å²) in [7, 11) is 0. The van der Waals surface area contributed by atoms with Crippen molar-refractivity contribution >= 4 is 5.82 Å². The number of hydrogen-bond acceptors (Lipinski definition) is 4. The van der Waals surface area contributed by atoms with Crippen LogP contribution >= 0.6 is 0 Å². The summed E-state index contributed by atoms with van der Waals surface area (Å²) in [6, 6.07) is 5.07. The molecule has 1 saturated carbocycles. The zero-order chi connectivity index (χ0) is 11.8. The van der Waals surface area contributed by atoms with Gasteiger partial charge in [0, 0.05) is 24.2 Å². The van der Waals surface area contributed by atoms with Gasteiger partial charge in [-0.3, -0.25) is 0 Å². The molecule has 1 aromatic heterocycles. The molecule has 1 fully saturated rings. The molecule has 2 N–H and O–H groups in total. The third kappa shape index (κ3) is 2.28. The van der Waals surface area contributed by atoms with Crippen molar-refractivity contribution in [2.24, 2.45) is 5.73 Å². The van der Waals surface area contributed by atoms with E-state index in [-0.39, 0.29) is 6.04 Å². The fourth-order valence-electron chi connectivity index (χ4n) is 2.32. The SMILES string of the molecule is CC(N)CN(c1ccc2c(n1)COC2)C1CC1. The van der Waals surface area contributed by atoms with E-state index >= 15 is 0 Å². The van der Waals surface area contributed by atoms with E-state index in [1.54, 1.807) is 0 Å². The minimum Gasteiger partial charge on any atom is -0.370 e. The summed E-state index contributed by atoms with van der Waals surface area (Å²) in [6.45, 7) is 4.29. The Morgan fingerprint density at radius 2 is 2.29 bits per heavy atom. The molecule has 0 spiro atoms. The van der Waals surface area contributed by atoms with Crippen LogP contribution in [0.5, 0.6) is 0 Å². The summed E-state index contributed by atoms with van der Waals surface area (Å²) in [5, 5.41) is 0. The second kappa shape index (κ2) is 4.27. The van der Waals surface area contributed by atoms with Gasteiger partial charge in [0.15, 0.2) is 0 Å². The number of anilines is 1. The monoisotopic (exact) mass is 233 g/mol. The van der Waals surface area contributed by atoms with Crippen LogP contribution in [0.25, 0.3) is 0 Å². The average Bonchev–Trinajstić information content (AvgIpc) is 3.03. The Kier molecular flexibility index (Phi) is 2.76. The van der Waals surface area contributed by atoms with Crippen LogP contribution in [0, 0.1) is 0 Å². The Bertz CT molecular complexity index is 415. The molecule has 0 aromatic carbocycles. The van der Waals surface area contributed by atoms with E-state index in [9.17, 15) is 0 Å². The molecule has 1 atom stereocenters. The number of nitrogens with two attached hydrogens (primary N) is 1. The second-order valence-corrected chi connectivity index (χ2v) is 5.13. The molecule has 0 saturated heterocycles. The molecule has 2 aliphatic rings. The highest BCUT2D eigenvalue weighted by Gasteiger charge is 2.31. The van der Waals surface area contributed by atoms with Crippen molar-refractivity contribution in [3.05, 3.63) is 23.4 Å². The molecule has 1 aromatic rings. The maximum atomic E-state index is 5.91. The normalized spacial score (nSPS) is 20.1. The van der Waals surface area contributed by atoms with Gasteiger partial charge in [0.25, 0.3) is 0 Å². The van der Waals surface area contributed by atoms with Gasteiger partial charge in [-0.25, -0.2) is 4.98 Å². The van der Waals surface area contributed by atoms with E-state index in [0.29, 0.717) is 19.3 Å². The summed E-state index contributed by atoms with van der Waals surface area (Å²) in [5.41, 5.74) is 8.24. The molecule has 4 nitrogen and oxygen atoms in total. The Morgan fingerprint density at radius 3 is 3.00 bits per heavy atom. The molecule has 1 aliphatic heterocycles. The molecule has 0 bridgehead atoms. The molecule has 92 valence electrons. The maximum Gasteiger partial charge on any atom is 0.129 e. The van der Waals surface area contributed by atoms with Gasteiger partial charge in [0.05, 0.1) is 18.9 Å². The minimum absolute atomic E-state index is 0.182. The molecule has 3 rings (SSSR count). The molecular formula is C13H19N3O. The molecule has 0 amide bonds. The summed E-state index contributed by atoms with van der Waals surface area (Å²) in [6.07, 6.45) is 2.53. The van der Waals surface area contributed by atoms with Crippen LogP contribution in [0.15, 0.2) is 12.1 Å². The largest absolute Gasteiger partial charge is 0.370 e. The highest BCUT2D eigenvalue weighted by atomic mass is 16.5. The highest BCUT2D eigenvalue weighted by Crippen LogP contribution is 2.32. The van der Waals surface area contributed by atoms with Crippen molar-refractivity contribution in [1.82, 2.24) is 4.98 Å². The lowest BCUT2D eigenvalue weighted by Gasteiger charge is -2.25. The minimum atomic E-state index is 0.182. The van der Waals surface area contributed by atoms with Gasteiger partial charge in [-0.1, -0.05) is 6.07 Å². The first kappa shape index (κ1) is 11.0. The zero-order valence-corrected chi connectivity index (χ0v) is 10.2. The summed E-state index contributed by atoms with van der Waals surface area (Å²) in [4.78, 5) is 7.06.